The second-order valence-corrected chi connectivity index (χ2v) is 5.79. The molecule has 0 saturated carbocycles. The highest BCUT2D eigenvalue weighted by Crippen LogP contribution is 2.21. The van der Waals surface area contributed by atoms with E-state index in [2.05, 4.69) is 61.5 Å². The first-order chi connectivity index (χ1) is 8.24. The van der Waals surface area contributed by atoms with E-state index in [1.54, 1.807) is 0 Å². The van der Waals surface area contributed by atoms with Crippen molar-refractivity contribution in [3.05, 3.63) is 32.7 Å². The molecular weight excluding hydrogens is 344 g/mol. The lowest BCUT2D eigenvalue weighted by Gasteiger charge is -2.08. The van der Waals surface area contributed by atoms with Gasteiger partial charge in [-0.1, -0.05) is 38.8 Å². The maximum Gasteiger partial charge on any atom is 0.0221 e. The summed E-state index contributed by atoms with van der Waals surface area (Å²) in [6, 6.07) is 6.26. The summed E-state index contributed by atoms with van der Waals surface area (Å²) in [6.45, 7) is 6.37. The summed E-state index contributed by atoms with van der Waals surface area (Å²) in [4.78, 5) is 0. The average molecular weight is 364 g/mol. The summed E-state index contributed by atoms with van der Waals surface area (Å²) in [5.41, 5.74) is 1.29. The fraction of sp³-hybridized carbons (Fsp3) is 0.538. The highest BCUT2D eigenvalue weighted by molar-refractivity contribution is 9.11. The van der Waals surface area contributed by atoms with Gasteiger partial charge in [-0.25, -0.2) is 0 Å². The van der Waals surface area contributed by atoms with Crippen LogP contribution in [0.5, 0.6) is 0 Å². The summed E-state index contributed by atoms with van der Waals surface area (Å²) in [5, 5.41) is 6.85. The molecular formula is C13H20Br2N2. The molecule has 0 heterocycles. The van der Waals surface area contributed by atoms with Crippen LogP contribution in [0.2, 0.25) is 0 Å². The molecule has 0 fully saturated rings. The van der Waals surface area contributed by atoms with E-state index in [1.807, 2.05) is 6.07 Å². The van der Waals surface area contributed by atoms with E-state index in [4.69, 9.17) is 0 Å². The molecule has 0 aromatic heterocycles. The topological polar surface area (TPSA) is 24.1 Å². The normalized spacial score (nSPS) is 10.8. The van der Waals surface area contributed by atoms with Crippen LogP contribution in [0.1, 0.15) is 25.3 Å². The molecule has 96 valence electrons. The summed E-state index contributed by atoms with van der Waals surface area (Å²) in [7, 11) is 0. The highest BCUT2D eigenvalue weighted by atomic mass is 79.9. The van der Waals surface area contributed by atoms with Crippen molar-refractivity contribution in [3.8, 4) is 0 Å². The third kappa shape index (κ3) is 6.55. The Morgan fingerprint density at radius 2 is 1.82 bits per heavy atom. The van der Waals surface area contributed by atoms with Crippen LogP contribution in [-0.2, 0) is 6.54 Å². The zero-order valence-corrected chi connectivity index (χ0v) is 13.4. The Labute approximate surface area is 121 Å². The zero-order valence-electron chi connectivity index (χ0n) is 10.2. The molecule has 0 aliphatic heterocycles. The van der Waals surface area contributed by atoms with Gasteiger partial charge in [0.05, 0.1) is 0 Å². The number of benzene rings is 1. The number of nitrogens with one attached hydrogen (secondary N) is 2. The van der Waals surface area contributed by atoms with Crippen LogP contribution >= 0.6 is 31.9 Å². The van der Waals surface area contributed by atoms with Crippen molar-refractivity contribution in [2.75, 3.05) is 19.6 Å². The first-order valence-corrected chi connectivity index (χ1v) is 7.68. The van der Waals surface area contributed by atoms with Crippen molar-refractivity contribution in [2.24, 2.45) is 0 Å². The SMILES string of the molecule is CCCNCCCNCc1cc(Br)ccc1Br. The maximum absolute atomic E-state index is 3.56. The van der Waals surface area contributed by atoms with Gasteiger partial charge in [0.1, 0.15) is 0 Å². The lowest BCUT2D eigenvalue weighted by Crippen LogP contribution is -2.22. The average Bonchev–Trinajstić information content (AvgIpc) is 2.32. The van der Waals surface area contributed by atoms with Crippen LogP contribution in [-0.4, -0.2) is 19.6 Å². The van der Waals surface area contributed by atoms with Gasteiger partial charge in [0.15, 0.2) is 0 Å². The van der Waals surface area contributed by atoms with Gasteiger partial charge in [-0.3, -0.25) is 0 Å². The molecule has 2 nitrogen and oxygen atoms in total. The summed E-state index contributed by atoms with van der Waals surface area (Å²) >= 11 is 7.05. The van der Waals surface area contributed by atoms with Gasteiger partial charge in [0, 0.05) is 15.5 Å². The smallest absolute Gasteiger partial charge is 0.0221 e. The third-order valence-electron chi connectivity index (χ3n) is 2.46. The maximum atomic E-state index is 3.56. The Kier molecular flexibility index (Phi) is 8.10. The molecule has 2 N–H and O–H groups in total. The lowest BCUT2D eigenvalue weighted by atomic mass is 10.2. The summed E-state index contributed by atoms with van der Waals surface area (Å²) in [6.07, 6.45) is 2.38. The first kappa shape index (κ1) is 15.2. The molecule has 0 bridgehead atoms. The number of rotatable bonds is 8. The molecule has 1 rings (SSSR count). The molecule has 17 heavy (non-hydrogen) atoms. The van der Waals surface area contributed by atoms with Gasteiger partial charge in [-0.05, 0) is 56.2 Å². The summed E-state index contributed by atoms with van der Waals surface area (Å²) < 4.78 is 2.29. The number of halogens is 2. The van der Waals surface area contributed by atoms with Crippen LogP contribution < -0.4 is 10.6 Å². The molecule has 1 aromatic rings. The Morgan fingerprint density at radius 3 is 2.59 bits per heavy atom. The van der Waals surface area contributed by atoms with E-state index in [9.17, 15) is 0 Å². The van der Waals surface area contributed by atoms with Gasteiger partial charge in [-0.15, -0.1) is 0 Å². The number of hydrogen-bond donors (Lipinski definition) is 2. The van der Waals surface area contributed by atoms with Crippen molar-refractivity contribution in [3.63, 3.8) is 0 Å². The predicted molar refractivity (Wildman–Crippen MR) is 81.3 cm³/mol. The molecule has 0 aliphatic rings. The molecule has 0 radical (unpaired) electrons. The van der Waals surface area contributed by atoms with E-state index in [1.165, 1.54) is 18.4 Å². The van der Waals surface area contributed by atoms with E-state index in [0.29, 0.717) is 0 Å². The van der Waals surface area contributed by atoms with Crippen LogP contribution in [0.15, 0.2) is 27.1 Å². The van der Waals surface area contributed by atoms with Crippen molar-refractivity contribution >= 4 is 31.9 Å². The van der Waals surface area contributed by atoms with Crippen LogP contribution in [0.3, 0.4) is 0 Å². The van der Waals surface area contributed by atoms with Crippen molar-refractivity contribution in [1.29, 1.82) is 0 Å². The fourth-order valence-electron chi connectivity index (χ4n) is 1.54. The predicted octanol–water partition coefficient (Wildman–Crippen LogP) is 3.69. The minimum absolute atomic E-state index is 0.911. The van der Waals surface area contributed by atoms with Crippen LogP contribution in [0.4, 0.5) is 0 Å². The van der Waals surface area contributed by atoms with Crippen LogP contribution in [0.25, 0.3) is 0 Å². The Hall–Kier alpha value is 0.1000. The molecule has 0 aliphatic carbocycles. The minimum atomic E-state index is 0.911. The van der Waals surface area contributed by atoms with Gasteiger partial charge in [0.2, 0.25) is 0 Å². The molecule has 1 aromatic carbocycles. The first-order valence-electron chi connectivity index (χ1n) is 6.09. The number of hydrogen-bond acceptors (Lipinski definition) is 2. The van der Waals surface area contributed by atoms with E-state index in [-0.39, 0.29) is 0 Å². The zero-order chi connectivity index (χ0) is 12.5. The Balaban J connectivity index is 2.15. The van der Waals surface area contributed by atoms with Crippen molar-refractivity contribution in [1.82, 2.24) is 10.6 Å². The molecule has 0 unspecified atom stereocenters. The van der Waals surface area contributed by atoms with Gasteiger partial charge >= 0.3 is 0 Å². The molecule has 0 spiro atoms. The van der Waals surface area contributed by atoms with Gasteiger partial charge in [-0.2, -0.15) is 0 Å². The second kappa shape index (κ2) is 9.09. The van der Waals surface area contributed by atoms with E-state index >= 15 is 0 Å². The summed E-state index contributed by atoms with van der Waals surface area (Å²) in [5.74, 6) is 0. The van der Waals surface area contributed by atoms with E-state index < -0.39 is 0 Å². The Bertz CT molecular complexity index is 329. The third-order valence-corrected chi connectivity index (χ3v) is 3.72. The highest BCUT2D eigenvalue weighted by Gasteiger charge is 1.99. The lowest BCUT2D eigenvalue weighted by molar-refractivity contribution is 0.591. The quantitative estimate of drug-likeness (QED) is 0.688. The monoisotopic (exact) mass is 362 g/mol. The molecule has 0 atom stereocenters. The Morgan fingerprint density at radius 1 is 1.06 bits per heavy atom. The molecule has 0 saturated heterocycles. The van der Waals surface area contributed by atoms with Crippen molar-refractivity contribution < 1.29 is 0 Å². The van der Waals surface area contributed by atoms with Gasteiger partial charge < -0.3 is 10.6 Å². The fourth-order valence-corrected chi connectivity index (χ4v) is 2.34. The largest absolute Gasteiger partial charge is 0.317 e. The molecule has 0 amide bonds. The minimum Gasteiger partial charge on any atom is -0.317 e. The molecule has 4 heteroatoms. The van der Waals surface area contributed by atoms with Crippen molar-refractivity contribution in [2.45, 2.75) is 26.3 Å². The second-order valence-electron chi connectivity index (χ2n) is 4.02. The standard InChI is InChI=1S/C13H20Br2N2/c1-2-6-16-7-3-8-17-10-11-9-12(14)4-5-13(11)15/h4-5,9,16-17H,2-3,6-8,10H2,1H3. The van der Waals surface area contributed by atoms with Gasteiger partial charge in [0.25, 0.3) is 0 Å². The van der Waals surface area contributed by atoms with Crippen LogP contribution in [0, 0.1) is 0 Å². The van der Waals surface area contributed by atoms with E-state index in [0.717, 1.165) is 35.1 Å².